The van der Waals surface area contributed by atoms with Gasteiger partial charge in [0.25, 0.3) is 0 Å². The molecule has 0 spiro atoms. The minimum Gasteiger partial charge on any atom is -0.340 e. The van der Waals surface area contributed by atoms with Crippen LogP contribution in [-0.2, 0) is 0 Å². The van der Waals surface area contributed by atoms with E-state index in [0.29, 0.717) is 0 Å². The Labute approximate surface area is 106 Å². The highest BCUT2D eigenvalue weighted by Crippen LogP contribution is 2.23. The van der Waals surface area contributed by atoms with Gasteiger partial charge in [-0.05, 0) is 25.0 Å². The highest BCUT2D eigenvalue weighted by Gasteiger charge is 2.10. The molecular weight excluding hydrogens is 230 g/mol. The summed E-state index contributed by atoms with van der Waals surface area (Å²) in [6.07, 6.45) is 3.58. The normalized spacial score (nSPS) is 12.6. The van der Waals surface area contributed by atoms with Gasteiger partial charge in [0, 0.05) is 24.2 Å². The van der Waals surface area contributed by atoms with Crippen molar-refractivity contribution in [2.75, 3.05) is 5.75 Å². The molecule has 0 bridgehead atoms. The fourth-order valence-corrected chi connectivity index (χ4v) is 2.55. The zero-order chi connectivity index (χ0) is 12.3. The van der Waals surface area contributed by atoms with Crippen molar-refractivity contribution >= 4 is 11.8 Å². The Balaban J connectivity index is 2.04. The molecule has 1 atom stereocenters. The smallest absolute Gasteiger partial charge is 0.165 e. The predicted molar refractivity (Wildman–Crippen MR) is 72.2 cm³/mol. The maximum atomic E-state index is 6.22. The quantitative estimate of drug-likeness (QED) is 0.817. The summed E-state index contributed by atoms with van der Waals surface area (Å²) in [6.45, 7) is 4.20. The van der Waals surface area contributed by atoms with E-state index in [1.165, 1.54) is 16.7 Å². The minimum atomic E-state index is 0.0463. The van der Waals surface area contributed by atoms with Crippen molar-refractivity contribution in [1.29, 1.82) is 0 Å². The molecule has 1 aromatic carbocycles. The summed E-state index contributed by atoms with van der Waals surface area (Å²) in [5, 5.41) is 0.922. The van der Waals surface area contributed by atoms with E-state index in [0.717, 1.165) is 10.9 Å². The van der Waals surface area contributed by atoms with Crippen LogP contribution in [-0.4, -0.2) is 15.7 Å². The Morgan fingerprint density at radius 1 is 1.41 bits per heavy atom. The Bertz CT molecular complexity index is 479. The number of aromatic amines is 1. The molecule has 1 aromatic heterocycles. The van der Waals surface area contributed by atoms with Crippen LogP contribution in [0.4, 0.5) is 0 Å². The molecule has 0 aliphatic carbocycles. The summed E-state index contributed by atoms with van der Waals surface area (Å²) in [5.74, 6) is 0.831. The first kappa shape index (κ1) is 12.2. The van der Waals surface area contributed by atoms with Gasteiger partial charge in [-0.1, -0.05) is 35.5 Å². The molecule has 0 saturated carbocycles. The van der Waals surface area contributed by atoms with Gasteiger partial charge in [-0.3, -0.25) is 0 Å². The van der Waals surface area contributed by atoms with Gasteiger partial charge >= 0.3 is 0 Å². The van der Waals surface area contributed by atoms with Gasteiger partial charge in [0.1, 0.15) is 0 Å². The number of nitrogens with zero attached hydrogens (tertiary/aromatic N) is 1. The lowest BCUT2D eigenvalue weighted by Crippen LogP contribution is -2.14. The van der Waals surface area contributed by atoms with E-state index in [1.54, 1.807) is 18.0 Å². The highest BCUT2D eigenvalue weighted by molar-refractivity contribution is 7.99. The van der Waals surface area contributed by atoms with E-state index in [4.69, 9.17) is 5.73 Å². The number of H-pyrrole nitrogens is 1. The van der Waals surface area contributed by atoms with Crippen molar-refractivity contribution in [2.45, 2.75) is 25.0 Å². The summed E-state index contributed by atoms with van der Waals surface area (Å²) in [6, 6.07) is 6.46. The largest absolute Gasteiger partial charge is 0.340 e. The molecule has 0 aliphatic heterocycles. The van der Waals surface area contributed by atoms with Crippen LogP contribution < -0.4 is 5.73 Å². The van der Waals surface area contributed by atoms with Crippen molar-refractivity contribution in [3.63, 3.8) is 0 Å². The molecule has 0 amide bonds. The van der Waals surface area contributed by atoms with Crippen LogP contribution in [0.5, 0.6) is 0 Å². The average Bonchev–Trinajstić information content (AvgIpc) is 2.82. The number of hydrogen-bond donors (Lipinski definition) is 2. The minimum absolute atomic E-state index is 0.0463. The van der Waals surface area contributed by atoms with Crippen molar-refractivity contribution in [2.24, 2.45) is 5.73 Å². The lowest BCUT2D eigenvalue weighted by Gasteiger charge is -2.14. The van der Waals surface area contributed by atoms with Crippen LogP contribution in [0.15, 0.2) is 35.7 Å². The number of aromatic nitrogens is 2. The SMILES string of the molecule is Cc1ccc(C)c(C(N)CSc2ncc[nH]2)c1. The summed E-state index contributed by atoms with van der Waals surface area (Å²) in [4.78, 5) is 7.24. The Kier molecular flexibility index (Phi) is 3.86. The monoisotopic (exact) mass is 247 g/mol. The van der Waals surface area contributed by atoms with Gasteiger partial charge in [0.2, 0.25) is 0 Å². The number of nitrogens with one attached hydrogen (secondary N) is 1. The Hall–Kier alpha value is -1.26. The number of aryl methyl sites for hydroxylation is 2. The van der Waals surface area contributed by atoms with Gasteiger partial charge in [-0.25, -0.2) is 4.98 Å². The molecule has 0 radical (unpaired) electrons. The molecule has 0 aliphatic rings. The Morgan fingerprint density at radius 3 is 2.94 bits per heavy atom. The Morgan fingerprint density at radius 2 is 2.24 bits per heavy atom. The molecule has 1 unspecified atom stereocenters. The molecular formula is C13H17N3S. The standard InChI is InChI=1S/C13H17N3S/c1-9-3-4-10(2)11(7-9)12(14)8-17-13-15-5-6-16-13/h3-7,12H,8,14H2,1-2H3,(H,15,16). The van der Waals surface area contributed by atoms with Crippen molar-refractivity contribution in [1.82, 2.24) is 9.97 Å². The second kappa shape index (κ2) is 5.38. The van der Waals surface area contributed by atoms with E-state index in [2.05, 4.69) is 42.0 Å². The van der Waals surface area contributed by atoms with Crippen LogP contribution in [0.1, 0.15) is 22.7 Å². The molecule has 2 rings (SSSR count). The maximum absolute atomic E-state index is 6.22. The van der Waals surface area contributed by atoms with Crippen molar-refractivity contribution < 1.29 is 0 Å². The number of imidazole rings is 1. The van der Waals surface area contributed by atoms with Crippen LogP contribution in [0, 0.1) is 13.8 Å². The zero-order valence-corrected chi connectivity index (χ0v) is 10.9. The third kappa shape index (κ3) is 3.11. The first-order chi connectivity index (χ1) is 8.16. The van der Waals surface area contributed by atoms with Gasteiger partial charge in [-0.2, -0.15) is 0 Å². The topological polar surface area (TPSA) is 54.7 Å². The second-order valence-electron chi connectivity index (χ2n) is 4.17. The summed E-state index contributed by atoms with van der Waals surface area (Å²) < 4.78 is 0. The fourth-order valence-electron chi connectivity index (χ4n) is 1.75. The number of thioether (sulfide) groups is 1. The van der Waals surface area contributed by atoms with Crippen LogP contribution in [0.3, 0.4) is 0 Å². The molecule has 17 heavy (non-hydrogen) atoms. The number of rotatable bonds is 4. The lowest BCUT2D eigenvalue weighted by atomic mass is 10.0. The average molecular weight is 247 g/mol. The molecule has 90 valence electrons. The zero-order valence-electron chi connectivity index (χ0n) is 10.1. The van der Waals surface area contributed by atoms with Gasteiger partial charge < -0.3 is 10.7 Å². The molecule has 3 nitrogen and oxygen atoms in total. The first-order valence-electron chi connectivity index (χ1n) is 5.61. The van der Waals surface area contributed by atoms with E-state index in [-0.39, 0.29) is 6.04 Å². The summed E-state index contributed by atoms with van der Waals surface area (Å²) in [5.41, 5.74) is 9.95. The van der Waals surface area contributed by atoms with E-state index in [9.17, 15) is 0 Å². The van der Waals surface area contributed by atoms with E-state index in [1.807, 2.05) is 6.20 Å². The second-order valence-corrected chi connectivity index (χ2v) is 5.18. The molecule has 4 heteroatoms. The third-order valence-electron chi connectivity index (χ3n) is 2.71. The maximum Gasteiger partial charge on any atom is 0.165 e. The molecule has 0 fully saturated rings. The van der Waals surface area contributed by atoms with Crippen LogP contribution in [0.25, 0.3) is 0 Å². The fraction of sp³-hybridized carbons (Fsp3) is 0.308. The predicted octanol–water partition coefficient (Wildman–Crippen LogP) is 2.82. The first-order valence-corrected chi connectivity index (χ1v) is 6.60. The lowest BCUT2D eigenvalue weighted by molar-refractivity contribution is 0.818. The van der Waals surface area contributed by atoms with Gasteiger partial charge in [-0.15, -0.1) is 0 Å². The van der Waals surface area contributed by atoms with Crippen LogP contribution in [0.2, 0.25) is 0 Å². The molecule has 1 heterocycles. The van der Waals surface area contributed by atoms with E-state index >= 15 is 0 Å². The number of nitrogens with two attached hydrogens (primary N) is 1. The van der Waals surface area contributed by atoms with Gasteiger partial charge in [0.05, 0.1) is 0 Å². The highest BCUT2D eigenvalue weighted by atomic mass is 32.2. The van der Waals surface area contributed by atoms with Crippen molar-refractivity contribution in [3.05, 3.63) is 47.3 Å². The van der Waals surface area contributed by atoms with E-state index < -0.39 is 0 Å². The van der Waals surface area contributed by atoms with Crippen LogP contribution >= 0.6 is 11.8 Å². The number of benzene rings is 1. The van der Waals surface area contributed by atoms with Crippen molar-refractivity contribution in [3.8, 4) is 0 Å². The molecule has 3 N–H and O–H groups in total. The summed E-state index contributed by atoms with van der Waals surface area (Å²) >= 11 is 1.65. The third-order valence-corrected chi connectivity index (χ3v) is 3.73. The summed E-state index contributed by atoms with van der Waals surface area (Å²) in [7, 11) is 0. The van der Waals surface area contributed by atoms with Gasteiger partial charge in [0.15, 0.2) is 5.16 Å². The molecule has 0 saturated heterocycles. The molecule has 2 aromatic rings. The number of hydrogen-bond acceptors (Lipinski definition) is 3.